The number of ketones is 1. The van der Waals surface area contributed by atoms with E-state index in [-0.39, 0.29) is 17.3 Å². The van der Waals surface area contributed by atoms with Gasteiger partial charge in [-0.1, -0.05) is 30.3 Å². The molecule has 5 heteroatoms. The average Bonchev–Trinajstić information content (AvgIpc) is 3.28. The van der Waals surface area contributed by atoms with E-state index in [1.807, 2.05) is 25.2 Å². The number of nitrogens with zero attached hydrogens (tertiary/aromatic N) is 1. The second-order valence-corrected chi connectivity index (χ2v) is 6.55. The molecule has 4 rings (SSSR count). The molecule has 1 aromatic heterocycles. The molecule has 1 aliphatic rings. The summed E-state index contributed by atoms with van der Waals surface area (Å²) < 4.78 is 11.1. The van der Waals surface area contributed by atoms with Crippen molar-refractivity contribution in [1.82, 2.24) is 4.90 Å². The summed E-state index contributed by atoms with van der Waals surface area (Å²) >= 11 is 0. The maximum absolute atomic E-state index is 12.6. The number of aromatic hydroxyl groups is 1. The first-order valence-electron chi connectivity index (χ1n) is 8.67. The van der Waals surface area contributed by atoms with Crippen LogP contribution in [0.4, 0.5) is 0 Å². The van der Waals surface area contributed by atoms with E-state index in [0.29, 0.717) is 35.7 Å². The Labute approximate surface area is 157 Å². The Balaban J connectivity index is 1.60. The SMILES string of the molecule is CN(Cc1ccccc1)Cc1c(O)ccc2c1O/C(=C/c1ccco1)C2=O. The lowest BCUT2D eigenvalue weighted by Crippen LogP contribution is -2.17. The molecule has 0 amide bonds. The maximum atomic E-state index is 12.6. The lowest BCUT2D eigenvalue weighted by atomic mass is 10.0. The van der Waals surface area contributed by atoms with Gasteiger partial charge in [-0.2, -0.15) is 0 Å². The van der Waals surface area contributed by atoms with Gasteiger partial charge in [0.25, 0.3) is 0 Å². The minimum atomic E-state index is -0.214. The van der Waals surface area contributed by atoms with Gasteiger partial charge in [0.05, 0.1) is 17.4 Å². The zero-order chi connectivity index (χ0) is 18.8. The Morgan fingerprint density at radius 3 is 2.59 bits per heavy atom. The number of carbonyl (C=O) groups excluding carboxylic acids is 1. The van der Waals surface area contributed by atoms with E-state index in [0.717, 1.165) is 0 Å². The van der Waals surface area contributed by atoms with E-state index in [2.05, 4.69) is 17.0 Å². The van der Waals surface area contributed by atoms with Crippen LogP contribution in [0.25, 0.3) is 6.08 Å². The number of rotatable bonds is 5. The maximum Gasteiger partial charge on any atom is 0.232 e. The smallest absolute Gasteiger partial charge is 0.232 e. The lowest BCUT2D eigenvalue weighted by molar-refractivity contribution is 0.101. The van der Waals surface area contributed by atoms with Crippen molar-refractivity contribution in [2.24, 2.45) is 0 Å². The number of Topliss-reactive ketones (excluding diaryl/α,β-unsaturated/α-hetero) is 1. The third kappa shape index (κ3) is 3.50. The summed E-state index contributed by atoms with van der Waals surface area (Å²) in [5.74, 6) is 1.04. The minimum Gasteiger partial charge on any atom is -0.507 e. The van der Waals surface area contributed by atoms with Gasteiger partial charge < -0.3 is 14.3 Å². The van der Waals surface area contributed by atoms with Crippen molar-refractivity contribution in [1.29, 1.82) is 0 Å². The van der Waals surface area contributed by atoms with E-state index in [1.165, 1.54) is 11.8 Å². The summed E-state index contributed by atoms with van der Waals surface area (Å²) in [4.78, 5) is 14.7. The van der Waals surface area contributed by atoms with Crippen LogP contribution in [0, 0.1) is 0 Å². The number of phenolic OH excluding ortho intramolecular Hbond substituents is 1. The highest BCUT2D eigenvalue weighted by Crippen LogP contribution is 2.40. The molecule has 27 heavy (non-hydrogen) atoms. The fraction of sp³-hybridized carbons (Fsp3) is 0.136. The number of furan rings is 1. The van der Waals surface area contributed by atoms with Crippen LogP contribution in [0.3, 0.4) is 0 Å². The first-order valence-corrected chi connectivity index (χ1v) is 8.67. The molecule has 0 spiro atoms. The van der Waals surface area contributed by atoms with Gasteiger partial charge in [0.1, 0.15) is 17.3 Å². The summed E-state index contributed by atoms with van der Waals surface area (Å²) in [6, 6.07) is 16.7. The van der Waals surface area contributed by atoms with Crippen molar-refractivity contribution in [2.45, 2.75) is 13.1 Å². The van der Waals surface area contributed by atoms with Gasteiger partial charge >= 0.3 is 0 Å². The van der Waals surface area contributed by atoms with Gasteiger partial charge in [-0.25, -0.2) is 0 Å². The quantitative estimate of drug-likeness (QED) is 0.689. The molecule has 0 aliphatic carbocycles. The molecular weight excluding hydrogens is 342 g/mol. The number of hydrogen-bond acceptors (Lipinski definition) is 5. The zero-order valence-corrected chi connectivity index (χ0v) is 14.9. The van der Waals surface area contributed by atoms with Crippen LogP contribution in [0.2, 0.25) is 0 Å². The Morgan fingerprint density at radius 2 is 1.85 bits per heavy atom. The van der Waals surface area contributed by atoms with Gasteiger partial charge in [-0.15, -0.1) is 0 Å². The third-order valence-electron chi connectivity index (χ3n) is 4.46. The summed E-state index contributed by atoms with van der Waals surface area (Å²) in [6.07, 6.45) is 3.10. The highest BCUT2D eigenvalue weighted by Gasteiger charge is 2.31. The molecule has 0 saturated heterocycles. The molecule has 136 valence electrons. The van der Waals surface area contributed by atoms with Gasteiger partial charge in [0.2, 0.25) is 5.78 Å². The molecule has 0 atom stereocenters. The molecule has 0 fully saturated rings. The van der Waals surface area contributed by atoms with Crippen molar-refractivity contribution >= 4 is 11.9 Å². The molecule has 3 aromatic rings. The molecule has 2 heterocycles. The van der Waals surface area contributed by atoms with E-state index in [9.17, 15) is 9.90 Å². The van der Waals surface area contributed by atoms with Gasteiger partial charge in [0, 0.05) is 19.2 Å². The van der Waals surface area contributed by atoms with E-state index < -0.39 is 0 Å². The van der Waals surface area contributed by atoms with Crippen molar-refractivity contribution in [3.8, 4) is 11.5 Å². The van der Waals surface area contributed by atoms with Crippen LogP contribution >= 0.6 is 0 Å². The number of ether oxygens (including phenoxy) is 1. The van der Waals surface area contributed by atoms with Gasteiger partial charge in [-0.3, -0.25) is 9.69 Å². The van der Waals surface area contributed by atoms with E-state index >= 15 is 0 Å². The van der Waals surface area contributed by atoms with Crippen LogP contribution in [0.5, 0.6) is 11.5 Å². The highest BCUT2D eigenvalue weighted by molar-refractivity contribution is 6.14. The first-order chi connectivity index (χ1) is 13.1. The zero-order valence-electron chi connectivity index (χ0n) is 14.9. The van der Waals surface area contributed by atoms with Crippen LogP contribution in [-0.2, 0) is 13.1 Å². The molecular formula is C22H19NO4. The van der Waals surface area contributed by atoms with Crippen molar-refractivity contribution < 1.29 is 19.1 Å². The number of carbonyl (C=O) groups is 1. The number of allylic oxidation sites excluding steroid dienone is 1. The normalized spacial score (nSPS) is 14.6. The Hall–Kier alpha value is -3.31. The number of phenols is 1. The molecule has 0 bridgehead atoms. The lowest BCUT2D eigenvalue weighted by Gasteiger charge is -2.19. The van der Waals surface area contributed by atoms with Crippen molar-refractivity contribution in [3.63, 3.8) is 0 Å². The summed E-state index contributed by atoms with van der Waals surface area (Å²) in [6.45, 7) is 1.16. The summed E-state index contributed by atoms with van der Waals surface area (Å²) in [5.41, 5.74) is 2.22. The predicted octanol–water partition coefficient (Wildman–Crippen LogP) is 4.23. The largest absolute Gasteiger partial charge is 0.507 e. The van der Waals surface area contributed by atoms with E-state index in [1.54, 1.807) is 30.3 Å². The number of benzene rings is 2. The third-order valence-corrected chi connectivity index (χ3v) is 4.46. The van der Waals surface area contributed by atoms with Crippen molar-refractivity contribution in [3.05, 3.63) is 89.1 Å². The standard InChI is InChI=1S/C22H19NO4/c1-23(13-15-6-3-2-4-7-15)14-18-19(24)10-9-17-21(25)20(27-22(17)18)12-16-8-5-11-26-16/h2-12,24H,13-14H2,1H3/b20-12+. The predicted molar refractivity (Wildman–Crippen MR) is 101 cm³/mol. The average molecular weight is 361 g/mol. The highest BCUT2D eigenvalue weighted by atomic mass is 16.5. The first kappa shape index (κ1) is 17.1. The van der Waals surface area contributed by atoms with E-state index in [4.69, 9.17) is 9.15 Å². The van der Waals surface area contributed by atoms with Gasteiger partial charge in [-0.05, 0) is 36.9 Å². The minimum absolute atomic E-state index is 0.112. The van der Waals surface area contributed by atoms with Gasteiger partial charge in [0.15, 0.2) is 5.76 Å². The molecule has 1 N–H and O–H groups in total. The Morgan fingerprint density at radius 1 is 1.04 bits per heavy atom. The molecule has 2 aromatic carbocycles. The van der Waals surface area contributed by atoms with Crippen LogP contribution in [-0.4, -0.2) is 22.8 Å². The number of fused-ring (bicyclic) bond motifs is 1. The Bertz CT molecular complexity index is 991. The molecule has 1 aliphatic heterocycles. The van der Waals surface area contributed by atoms with Crippen molar-refractivity contribution in [2.75, 3.05) is 7.05 Å². The Kier molecular flexibility index (Phi) is 4.52. The second kappa shape index (κ2) is 7.13. The molecule has 0 saturated carbocycles. The van der Waals surface area contributed by atoms with Crippen LogP contribution < -0.4 is 4.74 Å². The molecule has 0 unspecified atom stereocenters. The summed E-state index contributed by atoms with van der Waals surface area (Å²) in [5, 5.41) is 10.4. The second-order valence-electron chi connectivity index (χ2n) is 6.55. The molecule has 0 radical (unpaired) electrons. The van der Waals surface area contributed by atoms with Crippen LogP contribution in [0.15, 0.2) is 71.0 Å². The fourth-order valence-electron chi connectivity index (χ4n) is 3.17. The van der Waals surface area contributed by atoms with Crippen LogP contribution in [0.1, 0.15) is 27.2 Å². The molecule has 5 nitrogen and oxygen atoms in total. The monoisotopic (exact) mass is 361 g/mol. The summed E-state index contributed by atoms with van der Waals surface area (Å²) in [7, 11) is 1.96. The fourth-order valence-corrected chi connectivity index (χ4v) is 3.17. The number of hydrogen-bond donors (Lipinski definition) is 1. The topological polar surface area (TPSA) is 62.9 Å².